The van der Waals surface area contributed by atoms with Crippen LogP contribution in [0.2, 0.25) is 0 Å². The van der Waals surface area contributed by atoms with Gasteiger partial charge in [-0.05, 0) is 32.8 Å². The first-order valence-electron chi connectivity index (χ1n) is 8.23. The van der Waals surface area contributed by atoms with Crippen LogP contribution in [0.5, 0.6) is 0 Å². The number of rotatable bonds is 6. The summed E-state index contributed by atoms with van der Waals surface area (Å²) >= 11 is 0. The van der Waals surface area contributed by atoms with Crippen molar-refractivity contribution >= 4 is 5.97 Å². The number of ether oxygens (including phenoxy) is 3. The van der Waals surface area contributed by atoms with Crippen molar-refractivity contribution in [2.75, 3.05) is 6.61 Å². The maximum absolute atomic E-state index is 11.8. The van der Waals surface area contributed by atoms with Gasteiger partial charge < -0.3 is 19.3 Å². The van der Waals surface area contributed by atoms with Gasteiger partial charge in [0.15, 0.2) is 0 Å². The summed E-state index contributed by atoms with van der Waals surface area (Å²) in [5, 5.41) is 10.2. The molecule has 1 aliphatic rings. The summed E-state index contributed by atoms with van der Waals surface area (Å²) in [5.74, 6) is 0.129. The molecule has 24 heavy (non-hydrogen) atoms. The maximum Gasteiger partial charge on any atom is 0.334 e. The molecule has 2 atom stereocenters. The zero-order chi connectivity index (χ0) is 17.6. The molecule has 2 rings (SSSR count). The molecule has 0 radical (unpaired) electrons. The third kappa shape index (κ3) is 6.34. The Bertz CT molecular complexity index is 559. The SMILES string of the molecule is CC(C)(C)OC(=O)/C=C1/CC[C@H]([C@@H](O)COCc2ccccc2)O1. The Balaban J connectivity index is 1.74. The van der Waals surface area contributed by atoms with Gasteiger partial charge in [-0.2, -0.15) is 0 Å². The molecule has 132 valence electrons. The molecule has 1 N–H and O–H groups in total. The Labute approximate surface area is 143 Å². The summed E-state index contributed by atoms with van der Waals surface area (Å²) in [4.78, 5) is 11.8. The topological polar surface area (TPSA) is 65.0 Å². The van der Waals surface area contributed by atoms with E-state index in [1.165, 1.54) is 6.08 Å². The van der Waals surface area contributed by atoms with E-state index in [1.807, 2.05) is 51.1 Å². The van der Waals surface area contributed by atoms with Crippen LogP contribution in [0.4, 0.5) is 0 Å². The van der Waals surface area contributed by atoms with Crippen molar-refractivity contribution in [2.45, 2.75) is 58.0 Å². The van der Waals surface area contributed by atoms with E-state index >= 15 is 0 Å². The highest BCUT2D eigenvalue weighted by Gasteiger charge is 2.29. The average Bonchev–Trinajstić information content (AvgIpc) is 2.94. The fraction of sp³-hybridized carbons (Fsp3) is 0.526. The van der Waals surface area contributed by atoms with E-state index < -0.39 is 17.7 Å². The average molecular weight is 334 g/mol. The Morgan fingerprint density at radius 2 is 2.08 bits per heavy atom. The lowest BCUT2D eigenvalue weighted by atomic mass is 10.1. The van der Waals surface area contributed by atoms with Gasteiger partial charge in [0.05, 0.1) is 19.3 Å². The van der Waals surface area contributed by atoms with Gasteiger partial charge in [-0.3, -0.25) is 0 Å². The molecule has 0 aliphatic carbocycles. The molecule has 1 heterocycles. The van der Waals surface area contributed by atoms with Crippen molar-refractivity contribution < 1.29 is 24.1 Å². The number of allylic oxidation sites excluding steroid dienone is 1. The van der Waals surface area contributed by atoms with Crippen LogP contribution in [0.3, 0.4) is 0 Å². The van der Waals surface area contributed by atoms with Crippen LogP contribution in [0.15, 0.2) is 42.2 Å². The zero-order valence-electron chi connectivity index (χ0n) is 14.5. The minimum absolute atomic E-state index is 0.194. The lowest BCUT2D eigenvalue weighted by Crippen LogP contribution is -2.29. The predicted octanol–water partition coefficient (Wildman–Crippen LogP) is 2.97. The number of carbonyl (C=O) groups excluding carboxylic acids is 1. The Kier molecular flexibility index (Phi) is 6.40. The van der Waals surface area contributed by atoms with Crippen LogP contribution in [-0.2, 0) is 25.6 Å². The Morgan fingerprint density at radius 1 is 1.38 bits per heavy atom. The molecule has 5 heteroatoms. The van der Waals surface area contributed by atoms with E-state index in [2.05, 4.69) is 0 Å². The lowest BCUT2D eigenvalue weighted by molar-refractivity contribution is -0.148. The molecule has 0 bridgehead atoms. The molecule has 1 aliphatic heterocycles. The van der Waals surface area contributed by atoms with Gasteiger partial charge in [0.1, 0.15) is 23.6 Å². The van der Waals surface area contributed by atoms with E-state index in [0.717, 1.165) is 5.56 Å². The zero-order valence-corrected chi connectivity index (χ0v) is 14.5. The van der Waals surface area contributed by atoms with E-state index in [1.54, 1.807) is 0 Å². The van der Waals surface area contributed by atoms with E-state index in [0.29, 0.717) is 25.2 Å². The summed E-state index contributed by atoms with van der Waals surface area (Å²) in [6.45, 7) is 6.09. The number of aliphatic hydroxyl groups is 1. The van der Waals surface area contributed by atoms with E-state index in [9.17, 15) is 9.90 Å². The van der Waals surface area contributed by atoms with Gasteiger partial charge in [0, 0.05) is 6.42 Å². The monoisotopic (exact) mass is 334 g/mol. The second kappa shape index (κ2) is 8.31. The van der Waals surface area contributed by atoms with Crippen LogP contribution in [0.1, 0.15) is 39.2 Å². The lowest BCUT2D eigenvalue weighted by Gasteiger charge is -2.19. The summed E-state index contributed by atoms with van der Waals surface area (Å²) in [7, 11) is 0. The summed E-state index contributed by atoms with van der Waals surface area (Å²) in [6, 6.07) is 9.79. The Hall–Kier alpha value is -1.85. The maximum atomic E-state index is 11.8. The highest BCUT2D eigenvalue weighted by Crippen LogP contribution is 2.26. The molecule has 0 unspecified atom stereocenters. The first-order valence-corrected chi connectivity index (χ1v) is 8.23. The molecule has 0 amide bonds. The van der Waals surface area contributed by atoms with Crippen LogP contribution in [0, 0.1) is 0 Å². The van der Waals surface area contributed by atoms with Crippen molar-refractivity contribution in [3.63, 3.8) is 0 Å². The number of benzene rings is 1. The number of carbonyl (C=O) groups is 1. The molecule has 0 saturated carbocycles. The number of hydrogen-bond donors (Lipinski definition) is 1. The fourth-order valence-electron chi connectivity index (χ4n) is 2.42. The third-order valence-electron chi connectivity index (χ3n) is 3.49. The van der Waals surface area contributed by atoms with Crippen LogP contribution in [-0.4, -0.2) is 35.5 Å². The number of aliphatic hydroxyl groups excluding tert-OH is 1. The highest BCUT2D eigenvalue weighted by atomic mass is 16.6. The first-order chi connectivity index (χ1) is 11.3. The van der Waals surface area contributed by atoms with Gasteiger partial charge in [0.2, 0.25) is 0 Å². The van der Waals surface area contributed by atoms with Gasteiger partial charge in [-0.15, -0.1) is 0 Å². The second-order valence-electron chi connectivity index (χ2n) is 6.91. The molecule has 5 nitrogen and oxygen atoms in total. The van der Waals surface area contributed by atoms with Crippen molar-refractivity contribution in [2.24, 2.45) is 0 Å². The highest BCUT2D eigenvalue weighted by molar-refractivity contribution is 5.82. The number of esters is 1. The van der Waals surface area contributed by atoms with Crippen LogP contribution in [0.25, 0.3) is 0 Å². The van der Waals surface area contributed by atoms with Crippen LogP contribution >= 0.6 is 0 Å². The second-order valence-corrected chi connectivity index (χ2v) is 6.91. The molecule has 1 aromatic carbocycles. The molecule has 1 fully saturated rings. The standard InChI is InChI=1S/C19H26O5/c1-19(2,3)24-18(21)11-15-9-10-17(23-15)16(20)13-22-12-14-7-5-4-6-8-14/h4-8,11,16-17,20H,9-10,12-13H2,1-3H3/b15-11-/t16-,17+/m0/s1. The smallest absolute Gasteiger partial charge is 0.334 e. The molecule has 0 aromatic heterocycles. The Morgan fingerprint density at radius 3 is 2.75 bits per heavy atom. The largest absolute Gasteiger partial charge is 0.492 e. The minimum atomic E-state index is -0.724. The van der Waals surface area contributed by atoms with Crippen molar-refractivity contribution in [1.82, 2.24) is 0 Å². The minimum Gasteiger partial charge on any atom is -0.492 e. The van der Waals surface area contributed by atoms with Crippen LogP contribution < -0.4 is 0 Å². The fourth-order valence-corrected chi connectivity index (χ4v) is 2.42. The molecular formula is C19H26O5. The molecule has 1 aromatic rings. The van der Waals surface area contributed by atoms with Crippen molar-refractivity contribution in [3.8, 4) is 0 Å². The van der Waals surface area contributed by atoms with Gasteiger partial charge in [-0.25, -0.2) is 4.79 Å². The quantitative estimate of drug-likeness (QED) is 0.640. The predicted molar refractivity (Wildman–Crippen MR) is 90.1 cm³/mol. The van der Waals surface area contributed by atoms with E-state index in [-0.39, 0.29) is 12.7 Å². The molecular weight excluding hydrogens is 308 g/mol. The summed E-state index contributed by atoms with van der Waals surface area (Å²) < 4.78 is 16.4. The summed E-state index contributed by atoms with van der Waals surface area (Å²) in [5.41, 5.74) is 0.527. The van der Waals surface area contributed by atoms with Gasteiger partial charge >= 0.3 is 5.97 Å². The van der Waals surface area contributed by atoms with Gasteiger partial charge in [-0.1, -0.05) is 30.3 Å². The molecule has 0 spiro atoms. The van der Waals surface area contributed by atoms with Crippen molar-refractivity contribution in [1.29, 1.82) is 0 Å². The molecule has 1 saturated heterocycles. The van der Waals surface area contributed by atoms with Gasteiger partial charge in [0.25, 0.3) is 0 Å². The normalized spacial score (nSPS) is 20.7. The first kappa shape index (κ1) is 18.5. The van der Waals surface area contributed by atoms with E-state index in [4.69, 9.17) is 14.2 Å². The van der Waals surface area contributed by atoms with Crippen molar-refractivity contribution in [3.05, 3.63) is 47.7 Å². The summed E-state index contributed by atoms with van der Waals surface area (Å²) in [6.07, 6.45) is 1.56. The third-order valence-corrected chi connectivity index (χ3v) is 3.49. The number of hydrogen-bond acceptors (Lipinski definition) is 5.